The van der Waals surface area contributed by atoms with Gasteiger partial charge in [-0.3, -0.25) is 0 Å². The molecule has 0 saturated heterocycles. The summed E-state index contributed by atoms with van der Waals surface area (Å²) in [5, 5.41) is 0.931. The number of rotatable bonds is 7. The van der Waals surface area contributed by atoms with Gasteiger partial charge in [0.15, 0.2) is 6.61 Å². The van der Waals surface area contributed by atoms with Gasteiger partial charge in [-0.05, 0) is 56.0 Å². The van der Waals surface area contributed by atoms with Crippen LogP contribution in [0.2, 0.25) is 0 Å². The molecule has 0 atom stereocenters. The van der Waals surface area contributed by atoms with Crippen molar-refractivity contribution in [2.75, 3.05) is 19.8 Å². The average Bonchev–Trinajstić information content (AvgIpc) is 3.22. The van der Waals surface area contributed by atoms with Crippen LogP contribution >= 0.6 is 0 Å². The van der Waals surface area contributed by atoms with E-state index in [-0.39, 0.29) is 25.4 Å². The number of fused-ring (bicyclic) bond motifs is 3. The summed E-state index contributed by atoms with van der Waals surface area (Å²) in [5.41, 5.74) is 3.19. The Morgan fingerprint density at radius 3 is 2.55 bits per heavy atom. The van der Waals surface area contributed by atoms with E-state index < -0.39 is 5.97 Å². The second-order valence-electron chi connectivity index (χ2n) is 7.03. The van der Waals surface area contributed by atoms with Crippen LogP contribution < -0.4 is 15.1 Å². The maximum absolute atomic E-state index is 12.1. The van der Waals surface area contributed by atoms with Gasteiger partial charge in [0.2, 0.25) is 0 Å². The van der Waals surface area contributed by atoms with Gasteiger partial charge < -0.3 is 18.6 Å². The topological polar surface area (TPSA) is 75.0 Å². The minimum Gasteiger partial charge on any atom is -0.490 e. The molecular formula is C23H22O6. The molecule has 6 heteroatoms. The van der Waals surface area contributed by atoms with E-state index in [1.807, 2.05) is 37.3 Å². The highest BCUT2D eigenvalue weighted by molar-refractivity contribution is 5.83. The quantitative estimate of drug-likeness (QED) is 0.346. The molecular weight excluding hydrogens is 372 g/mol. The molecule has 3 aromatic rings. The zero-order valence-electron chi connectivity index (χ0n) is 16.2. The molecule has 1 aliphatic rings. The van der Waals surface area contributed by atoms with Gasteiger partial charge in [-0.25, -0.2) is 9.59 Å². The Bertz CT molecular complexity index is 1080. The number of carbonyl (C=O) groups is 1. The van der Waals surface area contributed by atoms with Crippen LogP contribution in [0.5, 0.6) is 11.5 Å². The summed E-state index contributed by atoms with van der Waals surface area (Å²) in [5.74, 6) is 0.687. The summed E-state index contributed by atoms with van der Waals surface area (Å²) in [6.45, 7) is 2.17. The highest BCUT2D eigenvalue weighted by Crippen LogP contribution is 2.29. The van der Waals surface area contributed by atoms with Crippen LogP contribution in [0, 0.1) is 6.92 Å². The van der Waals surface area contributed by atoms with Crippen molar-refractivity contribution in [3.05, 3.63) is 69.6 Å². The number of benzene rings is 2. The van der Waals surface area contributed by atoms with E-state index in [0.29, 0.717) is 11.3 Å². The Labute approximate surface area is 168 Å². The molecule has 0 unspecified atom stereocenters. The van der Waals surface area contributed by atoms with Crippen molar-refractivity contribution >= 4 is 16.9 Å². The third-order valence-electron chi connectivity index (χ3n) is 4.94. The third-order valence-corrected chi connectivity index (χ3v) is 4.94. The van der Waals surface area contributed by atoms with Crippen molar-refractivity contribution in [2.45, 2.75) is 26.2 Å². The number of esters is 1. The van der Waals surface area contributed by atoms with Gasteiger partial charge in [-0.1, -0.05) is 17.7 Å². The molecule has 2 aromatic carbocycles. The van der Waals surface area contributed by atoms with Crippen molar-refractivity contribution < 1.29 is 23.4 Å². The standard InChI is InChI=1S/C23H22O6/c1-15-5-7-16(8-6-15)26-11-12-27-22(24)14-28-17-9-10-19-18-3-2-4-20(18)23(25)29-21(19)13-17/h5-10,13H,2-4,11-12,14H2,1H3. The zero-order valence-corrected chi connectivity index (χ0v) is 16.2. The van der Waals surface area contributed by atoms with E-state index in [1.54, 1.807) is 12.1 Å². The Hall–Kier alpha value is -3.28. The monoisotopic (exact) mass is 394 g/mol. The third kappa shape index (κ3) is 4.42. The summed E-state index contributed by atoms with van der Waals surface area (Å²) >= 11 is 0. The zero-order chi connectivity index (χ0) is 20.2. The molecule has 0 fully saturated rings. The smallest absolute Gasteiger partial charge is 0.344 e. The van der Waals surface area contributed by atoms with E-state index >= 15 is 0 Å². The molecule has 29 heavy (non-hydrogen) atoms. The highest BCUT2D eigenvalue weighted by Gasteiger charge is 2.19. The number of hydrogen-bond donors (Lipinski definition) is 0. The SMILES string of the molecule is Cc1ccc(OCCOC(=O)COc2ccc3c4c(c(=O)oc3c2)CCC4)cc1. The van der Waals surface area contributed by atoms with Crippen LogP contribution in [-0.2, 0) is 22.4 Å². The second-order valence-corrected chi connectivity index (χ2v) is 7.03. The average molecular weight is 394 g/mol. The molecule has 0 saturated carbocycles. The fourth-order valence-electron chi connectivity index (χ4n) is 3.49. The van der Waals surface area contributed by atoms with E-state index in [1.165, 1.54) is 0 Å². The lowest BCUT2D eigenvalue weighted by atomic mass is 10.1. The first-order valence-corrected chi connectivity index (χ1v) is 9.66. The van der Waals surface area contributed by atoms with Gasteiger partial charge in [0.25, 0.3) is 0 Å². The summed E-state index contributed by atoms with van der Waals surface area (Å²) in [6.07, 6.45) is 2.62. The number of carbonyl (C=O) groups excluding carboxylic acids is 1. The lowest BCUT2D eigenvalue weighted by molar-refractivity contribution is -0.146. The lowest BCUT2D eigenvalue weighted by Gasteiger charge is -2.10. The fraction of sp³-hybridized carbons (Fsp3) is 0.304. The van der Waals surface area contributed by atoms with E-state index in [0.717, 1.165) is 47.1 Å². The van der Waals surface area contributed by atoms with Gasteiger partial charge in [0, 0.05) is 17.0 Å². The lowest BCUT2D eigenvalue weighted by Crippen LogP contribution is -2.18. The van der Waals surface area contributed by atoms with Gasteiger partial charge in [0.1, 0.15) is 30.3 Å². The molecule has 4 rings (SSSR count). The molecule has 0 N–H and O–H groups in total. The van der Waals surface area contributed by atoms with Crippen LogP contribution in [0.25, 0.3) is 11.0 Å². The Balaban J connectivity index is 1.28. The first-order valence-electron chi connectivity index (χ1n) is 9.66. The molecule has 1 aliphatic carbocycles. The minimum atomic E-state index is -0.493. The van der Waals surface area contributed by atoms with Crippen LogP contribution in [0.3, 0.4) is 0 Å². The molecule has 0 radical (unpaired) electrons. The van der Waals surface area contributed by atoms with Crippen molar-refractivity contribution in [2.24, 2.45) is 0 Å². The molecule has 0 aliphatic heterocycles. The van der Waals surface area contributed by atoms with Gasteiger partial charge in [-0.2, -0.15) is 0 Å². The molecule has 0 amide bonds. The summed E-state index contributed by atoms with van der Waals surface area (Å²) < 4.78 is 21.5. The van der Waals surface area contributed by atoms with E-state index in [2.05, 4.69) is 0 Å². The number of aryl methyl sites for hydroxylation is 2. The van der Waals surface area contributed by atoms with Gasteiger partial charge in [0.05, 0.1) is 0 Å². The molecule has 0 spiro atoms. The maximum Gasteiger partial charge on any atom is 0.344 e. The van der Waals surface area contributed by atoms with Crippen molar-refractivity contribution in [3.8, 4) is 11.5 Å². The first-order chi connectivity index (χ1) is 14.1. The predicted molar refractivity (Wildman–Crippen MR) is 108 cm³/mol. The summed E-state index contributed by atoms with van der Waals surface area (Å²) in [7, 11) is 0. The van der Waals surface area contributed by atoms with Crippen LogP contribution in [0.4, 0.5) is 0 Å². The highest BCUT2D eigenvalue weighted by atomic mass is 16.6. The number of ether oxygens (including phenoxy) is 3. The normalized spacial score (nSPS) is 12.6. The summed E-state index contributed by atoms with van der Waals surface area (Å²) in [6, 6.07) is 12.9. The Morgan fingerprint density at radius 1 is 0.966 bits per heavy atom. The van der Waals surface area contributed by atoms with Crippen LogP contribution in [-0.4, -0.2) is 25.8 Å². The second kappa shape index (κ2) is 8.39. The van der Waals surface area contributed by atoms with Crippen molar-refractivity contribution in [3.63, 3.8) is 0 Å². The molecule has 150 valence electrons. The molecule has 6 nitrogen and oxygen atoms in total. The largest absolute Gasteiger partial charge is 0.490 e. The molecule has 1 aromatic heterocycles. The summed E-state index contributed by atoms with van der Waals surface area (Å²) in [4.78, 5) is 23.9. The Morgan fingerprint density at radius 2 is 1.72 bits per heavy atom. The van der Waals surface area contributed by atoms with E-state index in [4.69, 9.17) is 18.6 Å². The molecule has 0 bridgehead atoms. The van der Waals surface area contributed by atoms with Gasteiger partial charge in [-0.15, -0.1) is 0 Å². The van der Waals surface area contributed by atoms with Crippen molar-refractivity contribution in [1.82, 2.24) is 0 Å². The minimum absolute atomic E-state index is 0.134. The van der Waals surface area contributed by atoms with E-state index in [9.17, 15) is 9.59 Å². The molecule has 1 heterocycles. The maximum atomic E-state index is 12.1. The Kier molecular flexibility index (Phi) is 5.51. The predicted octanol–water partition coefficient (Wildman–Crippen LogP) is 3.59. The van der Waals surface area contributed by atoms with Crippen LogP contribution in [0.1, 0.15) is 23.1 Å². The van der Waals surface area contributed by atoms with Gasteiger partial charge >= 0.3 is 11.6 Å². The van der Waals surface area contributed by atoms with Crippen LogP contribution in [0.15, 0.2) is 51.7 Å². The van der Waals surface area contributed by atoms with Crippen molar-refractivity contribution in [1.29, 1.82) is 0 Å². The fourth-order valence-corrected chi connectivity index (χ4v) is 3.49. The first kappa shape index (κ1) is 19.1. The number of hydrogen-bond acceptors (Lipinski definition) is 6.